The third kappa shape index (κ3) is 4.15. The van der Waals surface area contributed by atoms with E-state index >= 15 is 0 Å². The van der Waals surface area contributed by atoms with Gasteiger partial charge in [0.1, 0.15) is 23.1 Å². The van der Waals surface area contributed by atoms with E-state index in [0.717, 1.165) is 12.1 Å². The minimum absolute atomic E-state index is 0.0616. The second kappa shape index (κ2) is 7.21. The number of halogens is 4. The summed E-state index contributed by atoms with van der Waals surface area (Å²) in [6.45, 7) is 1.74. The van der Waals surface area contributed by atoms with Crippen molar-refractivity contribution in [3.63, 3.8) is 0 Å². The first kappa shape index (κ1) is 17.4. The Bertz CT molecular complexity index is 914. The summed E-state index contributed by atoms with van der Waals surface area (Å²) in [5.41, 5.74) is 0.959. The maximum Gasteiger partial charge on any atom is 0.229 e. The van der Waals surface area contributed by atoms with Gasteiger partial charge in [0, 0.05) is 17.4 Å². The lowest BCUT2D eigenvalue weighted by Crippen LogP contribution is -2.04. The second-order valence-corrected chi connectivity index (χ2v) is 6.01. The van der Waals surface area contributed by atoms with Gasteiger partial charge < -0.3 is 10.6 Å². The van der Waals surface area contributed by atoms with Crippen LogP contribution in [0.25, 0.3) is 0 Å². The van der Waals surface area contributed by atoms with Crippen molar-refractivity contribution in [1.82, 2.24) is 9.97 Å². The lowest BCUT2D eigenvalue weighted by Gasteiger charge is -2.11. The van der Waals surface area contributed by atoms with Gasteiger partial charge in [-0.25, -0.2) is 13.8 Å². The molecule has 3 aromatic rings. The van der Waals surface area contributed by atoms with Crippen molar-refractivity contribution in [3.05, 3.63) is 69.8 Å². The fourth-order valence-electron chi connectivity index (χ4n) is 2.14. The highest BCUT2D eigenvalue weighted by atomic mass is 35.5. The molecule has 25 heavy (non-hydrogen) atoms. The van der Waals surface area contributed by atoms with Crippen LogP contribution >= 0.6 is 23.2 Å². The highest BCUT2D eigenvalue weighted by Gasteiger charge is 2.11. The van der Waals surface area contributed by atoms with Crippen molar-refractivity contribution in [2.24, 2.45) is 0 Å². The molecule has 0 bridgehead atoms. The van der Waals surface area contributed by atoms with Crippen LogP contribution in [0.4, 0.5) is 31.9 Å². The first-order valence-corrected chi connectivity index (χ1v) is 7.97. The number of anilines is 4. The molecule has 0 atom stereocenters. The first-order valence-electron chi connectivity index (χ1n) is 7.21. The third-order valence-corrected chi connectivity index (χ3v) is 3.98. The molecule has 0 fully saturated rings. The summed E-state index contributed by atoms with van der Waals surface area (Å²) >= 11 is 11.9. The van der Waals surface area contributed by atoms with E-state index in [1.807, 2.05) is 0 Å². The van der Waals surface area contributed by atoms with Gasteiger partial charge in [-0.2, -0.15) is 4.98 Å². The zero-order valence-electron chi connectivity index (χ0n) is 12.9. The van der Waals surface area contributed by atoms with Crippen molar-refractivity contribution < 1.29 is 8.78 Å². The summed E-state index contributed by atoms with van der Waals surface area (Å²) in [5.74, 6) is -0.968. The Balaban J connectivity index is 1.89. The lowest BCUT2D eigenvalue weighted by molar-refractivity contribution is 0.590. The molecule has 8 heteroatoms. The van der Waals surface area contributed by atoms with Crippen LogP contribution in [0.2, 0.25) is 10.0 Å². The number of hydrogen-bond donors (Lipinski definition) is 2. The lowest BCUT2D eigenvalue weighted by atomic mass is 10.3. The molecule has 1 heterocycles. The molecule has 0 saturated carbocycles. The van der Waals surface area contributed by atoms with Gasteiger partial charge in [-0.05, 0) is 37.3 Å². The average molecular weight is 381 g/mol. The summed E-state index contributed by atoms with van der Waals surface area (Å²) in [7, 11) is 0. The van der Waals surface area contributed by atoms with E-state index in [4.69, 9.17) is 23.2 Å². The van der Waals surface area contributed by atoms with E-state index in [0.29, 0.717) is 27.2 Å². The van der Waals surface area contributed by atoms with Crippen molar-refractivity contribution in [3.8, 4) is 0 Å². The molecule has 0 aliphatic rings. The molecule has 2 aromatic carbocycles. The molecular weight excluding hydrogens is 369 g/mol. The van der Waals surface area contributed by atoms with Gasteiger partial charge in [0.25, 0.3) is 0 Å². The Labute approximate surface area is 152 Å². The van der Waals surface area contributed by atoms with E-state index in [-0.39, 0.29) is 11.6 Å². The summed E-state index contributed by atoms with van der Waals surface area (Å²) in [4.78, 5) is 8.36. The molecular formula is C17H12Cl2F2N4. The molecule has 128 valence electrons. The molecule has 0 radical (unpaired) electrons. The minimum Gasteiger partial charge on any atom is -0.340 e. The number of nitrogens with one attached hydrogen (secondary N) is 2. The Morgan fingerprint density at radius 2 is 1.60 bits per heavy atom. The highest BCUT2D eigenvalue weighted by Crippen LogP contribution is 2.27. The molecule has 0 spiro atoms. The summed E-state index contributed by atoms with van der Waals surface area (Å²) < 4.78 is 27.5. The molecule has 4 nitrogen and oxygen atoms in total. The van der Waals surface area contributed by atoms with Crippen LogP contribution in [-0.2, 0) is 0 Å². The number of aromatic nitrogens is 2. The molecule has 3 rings (SSSR count). The zero-order chi connectivity index (χ0) is 18.0. The quantitative estimate of drug-likeness (QED) is 0.595. The van der Waals surface area contributed by atoms with Gasteiger partial charge in [0.15, 0.2) is 0 Å². The Morgan fingerprint density at radius 3 is 2.28 bits per heavy atom. The monoisotopic (exact) mass is 380 g/mol. The van der Waals surface area contributed by atoms with Crippen molar-refractivity contribution in [2.45, 2.75) is 6.92 Å². The fraction of sp³-hybridized carbons (Fsp3) is 0.0588. The van der Waals surface area contributed by atoms with Crippen molar-refractivity contribution >= 4 is 46.3 Å². The van der Waals surface area contributed by atoms with Gasteiger partial charge in [-0.1, -0.05) is 29.3 Å². The van der Waals surface area contributed by atoms with Crippen LogP contribution in [0.1, 0.15) is 5.69 Å². The predicted octanol–water partition coefficient (Wildman–Crippen LogP) is 5.86. The van der Waals surface area contributed by atoms with Gasteiger partial charge in [-0.3, -0.25) is 0 Å². The Morgan fingerprint density at radius 1 is 0.880 bits per heavy atom. The number of aryl methyl sites for hydroxylation is 1. The molecule has 0 unspecified atom stereocenters. The van der Waals surface area contributed by atoms with E-state index in [1.54, 1.807) is 31.2 Å². The SMILES string of the molecule is Cc1cc(Nc2ccc(Cl)c(Cl)c2)nc(Nc2c(F)cccc2F)n1. The second-order valence-electron chi connectivity index (χ2n) is 5.19. The van der Waals surface area contributed by atoms with Crippen LogP contribution in [0.3, 0.4) is 0 Å². The molecule has 0 amide bonds. The van der Waals surface area contributed by atoms with E-state index in [1.165, 1.54) is 6.07 Å². The van der Waals surface area contributed by atoms with E-state index in [2.05, 4.69) is 20.6 Å². The normalized spacial score (nSPS) is 10.6. The maximum atomic E-state index is 13.8. The standard InChI is InChI=1S/C17H12Cl2F2N4/c1-9-7-15(23-10-5-6-11(18)12(19)8-10)24-17(22-9)25-16-13(20)3-2-4-14(16)21/h2-8H,1H3,(H2,22,23,24,25). The van der Waals surface area contributed by atoms with Crippen LogP contribution in [0.15, 0.2) is 42.5 Å². The van der Waals surface area contributed by atoms with Crippen molar-refractivity contribution in [2.75, 3.05) is 10.6 Å². The van der Waals surface area contributed by atoms with Gasteiger partial charge in [0.2, 0.25) is 5.95 Å². The predicted molar refractivity (Wildman–Crippen MR) is 96.2 cm³/mol. The maximum absolute atomic E-state index is 13.8. The van der Waals surface area contributed by atoms with Gasteiger partial charge >= 0.3 is 0 Å². The first-order chi connectivity index (χ1) is 11.9. The minimum atomic E-state index is -0.732. The topological polar surface area (TPSA) is 49.8 Å². The molecule has 0 aliphatic carbocycles. The Hall–Kier alpha value is -2.44. The third-order valence-electron chi connectivity index (χ3n) is 3.25. The average Bonchev–Trinajstić information content (AvgIpc) is 2.54. The molecule has 0 saturated heterocycles. The van der Waals surface area contributed by atoms with Crippen LogP contribution in [0.5, 0.6) is 0 Å². The molecule has 1 aromatic heterocycles. The Kier molecular flexibility index (Phi) is 5.01. The number of benzene rings is 2. The smallest absolute Gasteiger partial charge is 0.229 e. The number of rotatable bonds is 4. The number of nitrogens with zero attached hydrogens (tertiary/aromatic N) is 2. The fourth-order valence-corrected chi connectivity index (χ4v) is 2.44. The van der Waals surface area contributed by atoms with Gasteiger partial charge in [0.05, 0.1) is 10.0 Å². The van der Waals surface area contributed by atoms with E-state index in [9.17, 15) is 8.78 Å². The molecule has 2 N–H and O–H groups in total. The van der Waals surface area contributed by atoms with Crippen LogP contribution < -0.4 is 10.6 Å². The van der Waals surface area contributed by atoms with Crippen LogP contribution in [-0.4, -0.2) is 9.97 Å². The van der Waals surface area contributed by atoms with E-state index < -0.39 is 11.6 Å². The van der Waals surface area contributed by atoms with Gasteiger partial charge in [-0.15, -0.1) is 0 Å². The van der Waals surface area contributed by atoms with Crippen LogP contribution in [0, 0.1) is 18.6 Å². The summed E-state index contributed by atoms with van der Waals surface area (Å²) in [6, 6.07) is 10.3. The zero-order valence-corrected chi connectivity index (χ0v) is 14.5. The number of hydrogen-bond acceptors (Lipinski definition) is 4. The number of para-hydroxylation sites is 1. The summed E-state index contributed by atoms with van der Waals surface area (Å²) in [5, 5.41) is 6.44. The van der Waals surface area contributed by atoms with Crippen molar-refractivity contribution in [1.29, 1.82) is 0 Å². The summed E-state index contributed by atoms with van der Waals surface area (Å²) in [6.07, 6.45) is 0. The highest BCUT2D eigenvalue weighted by molar-refractivity contribution is 6.42. The molecule has 0 aliphatic heterocycles. The largest absolute Gasteiger partial charge is 0.340 e.